The minimum absolute atomic E-state index is 0.119. The Morgan fingerprint density at radius 1 is 1.14 bits per heavy atom. The first-order valence-electron chi connectivity index (χ1n) is 9.23. The topological polar surface area (TPSA) is 87.5 Å². The molecule has 1 amide bonds. The van der Waals surface area contributed by atoms with E-state index in [1.54, 1.807) is 37.1 Å². The lowest BCUT2D eigenvalue weighted by molar-refractivity contribution is -0.00171. The van der Waals surface area contributed by atoms with Crippen LogP contribution >= 0.6 is 0 Å². The SMILES string of the molecule is COc1ccc(NC(=O)c2nnn3c2COC(c2ccc(C)cc2)C3)cc1OC. The number of amides is 1. The Hall–Kier alpha value is -3.39. The van der Waals surface area contributed by atoms with Crippen molar-refractivity contribution in [1.82, 2.24) is 15.0 Å². The molecule has 0 aliphatic carbocycles. The average molecular weight is 394 g/mol. The fraction of sp³-hybridized carbons (Fsp3) is 0.286. The summed E-state index contributed by atoms with van der Waals surface area (Å²) in [7, 11) is 3.10. The zero-order valence-corrected chi connectivity index (χ0v) is 16.5. The third-order valence-corrected chi connectivity index (χ3v) is 4.90. The van der Waals surface area contributed by atoms with Crippen molar-refractivity contribution in [3.05, 3.63) is 65.0 Å². The zero-order valence-electron chi connectivity index (χ0n) is 16.5. The molecule has 8 nitrogen and oxygen atoms in total. The van der Waals surface area contributed by atoms with Crippen molar-refractivity contribution >= 4 is 11.6 Å². The molecular weight excluding hydrogens is 372 g/mol. The van der Waals surface area contributed by atoms with Gasteiger partial charge in [-0.1, -0.05) is 35.0 Å². The van der Waals surface area contributed by atoms with Gasteiger partial charge in [0.25, 0.3) is 5.91 Å². The van der Waals surface area contributed by atoms with E-state index in [1.165, 1.54) is 5.56 Å². The predicted molar refractivity (Wildman–Crippen MR) is 106 cm³/mol. The maximum Gasteiger partial charge on any atom is 0.278 e. The van der Waals surface area contributed by atoms with Gasteiger partial charge in [-0.15, -0.1) is 5.10 Å². The van der Waals surface area contributed by atoms with Gasteiger partial charge < -0.3 is 19.5 Å². The van der Waals surface area contributed by atoms with E-state index in [-0.39, 0.29) is 24.3 Å². The van der Waals surface area contributed by atoms with Gasteiger partial charge in [0.05, 0.1) is 33.1 Å². The van der Waals surface area contributed by atoms with Gasteiger partial charge in [-0.05, 0) is 24.6 Å². The zero-order chi connectivity index (χ0) is 20.4. The van der Waals surface area contributed by atoms with Crippen molar-refractivity contribution in [2.45, 2.75) is 26.2 Å². The number of benzene rings is 2. The van der Waals surface area contributed by atoms with E-state index in [0.29, 0.717) is 29.4 Å². The number of ether oxygens (including phenoxy) is 3. The second-order valence-corrected chi connectivity index (χ2v) is 6.80. The summed E-state index contributed by atoms with van der Waals surface area (Å²) in [6.07, 6.45) is -0.119. The number of aromatic nitrogens is 3. The van der Waals surface area contributed by atoms with Gasteiger partial charge in [0, 0.05) is 11.8 Å². The summed E-state index contributed by atoms with van der Waals surface area (Å²) in [5, 5.41) is 11.1. The highest BCUT2D eigenvalue weighted by Crippen LogP contribution is 2.31. The second-order valence-electron chi connectivity index (χ2n) is 6.80. The first-order valence-corrected chi connectivity index (χ1v) is 9.23. The Bertz CT molecular complexity index is 1030. The number of hydrogen-bond donors (Lipinski definition) is 1. The maximum absolute atomic E-state index is 12.7. The summed E-state index contributed by atoms with van der Waals surface area (Å²) in [6, 6.07) is 13.4. The van der Waals surface area contributed by atoms with E-state index in [0.717, 1.165) is 5.56 Å². The third-order valence-electron chi connectivity index (χ3n) is 4.90. The van der Waals surface area contributed by atoms with Crippen molar-refractivity contribution < 1.29 is 19.0 Å². The van der Waals surface area contributed by atoms with Gasteiger partial charge in [-0.25, -0.2) is 4.68 Å². The Labute approximate surface area is 168 Å². The molecule has 1 aromatic heterocycles. The van der Waals surface area contributed by atoms with E-state index in [2.05, 4.69) is 27.8 Å². The van der Waals surface area contributed by atoms with Gasteiger partial charge in [-0.2, -0.15) is 0 Å². The number of carbonyl (C=O) groups excluding carboxylic acids is 1. The molecule has 29 heavy (non-hydrogen) atoms. The lowest BCUT2D eigenvalue weighted by Gasteiger charge is -2.24. The second kappa shape index (κ2) is 7.92. The fourth-order valence-corrected chi connectivity index (χ4v) is 3.28. The largest absolute Gasteiger partial charge is 0.493 e. The number of methoxy groups -OCH3 is 2. The van der Waals surface area contributed by atoms with E-state index in [1.807, 2.05) is 19.1 Å². The van der Waals surface area contributed by atoms with E-state index < -0.39 is 0 Å². The standard InChI is InChI=1S/C21H22N4O4/c1-13-4-6-14(7-5-13)19-11-25-16(12-29-19)20(23-24-25)21(26)22-15-8-9-17(27-2)18(10-15)28-3/h4-10,19H,11-12H2,1-3H3,(H,22,26). The molecule has 4 rings (SSSR count). The van der Waals surface area contributed by atoms with E-state index in [4.69, 9.17) is 14.2 Å². The van der Waals surface area contributed by atoms with Crippen LogP contribution in [0.25, 0.3) is 0 Å². The van der Waals surface area contributed by atoms with Crippen LogP contribution in [0.1, 0.15) is 33.4 Å². The first kappa shape index (κ1) is 18.9. The number of anilines is 1. The summed E-state index contributed by atoms with van der Waals surface area (Å²) in [5.41, 5.74) is 3.75. The highest BCUT2D eigenvalue weighted by atomic mass is 16.5. The van der Waals surface area contributed by atoms with Crippen LogP contribution in [0.3, 0.4) is 0 Å². The minimum Gasteiger partial charge on any atom is -0.493 e. The molecule has 1 N–H and O–H groups in total. The molecule has 1 atom stereocenters. The van der Waals surface area contributed by atoms with Crippen molar-refractivity contribution in [2.24, 2.45) is 0 Å². The number of carbonyl (C=O) groups is 1. The molecule has 3 aromatic rings. The Morgan fingerprint density at radius 3 is 2.62 bits per heavy atom. The lowest BCUT2D eigenvalue weighted by Crippen LogP contribution is -2.24. The smallest absolute Gasteiger partial charge is 0.278 e. The molecule has 150 valence electrons. The van der Waals surface area contributed by atoms with Crippen LogP contribution in [0.15, 0.2) is 42.5 Å². The van der Waals surface area contributed by atoms with Gasteiger partial charge >= 0.3 is 0 Å². The van der Waals surface area contributed by atoms with Crippen LogP contribution in [-0.4, -0.2) is 35.1 Å². The molecule has 1 aliphatic heterocycles. The Kier molecular flexibility index (Phi) is 5.18. The molecule has 0 bridgehead atoms. The third kappa shape index (κ3) is 3.79. The van der Waals surface area contributed by atoms with Gasteiger partial charge in [0.15, 0.2) is 17.2 Å². The molecule has 0 spiro atoms. The Morgan fingerprint density at radius 2 is 1.90 bits per heavy atom. The molecule has 0 radical (unpaired) electrons. The monoisotopic (exact) mass is 394 g/mol. The quantitative estimate of drug-likeness (QED) is 0.715. The normalized spacial score (nSPS) is 15.5. The maximum atomic E-state index is 12.7. The summed E-state index contributed by atoms with van der Waals surface area (Å²) in [6.45, 7) is 2.82. The van der Waals surface area contributed by atoms with Gasteiger partial charge in [0.1, 0.15) is 6.10 Å². The predicted octanol–water partition coefficient (Wildman–Crippen LogP) is 3.13. The highest BCUT2D eigenvalue weighted by Gasteiger charge is 2.27. The van der Waals surface area contributed by atoms with Crippen LogP contribution in [0.5, 0.6) is 11.5 Å². The average Bonchev–Trinajstić information content (AvgIpc) is 3.17. The van der Waals surface area contributed by atoms with Crippen LogP contribution in [0, 0.1) is 6.92 Å². The van der Waals surface area contributed by atoms with Crippen molar-refractivity contribution in [3.63, 3.8) is 0 Å². The summed E-state index contributed by atoms with van der Waals surface area (Å²) >= 11 is 0. The van der Waals surface area contributed by atoms with Crippen LogP contribution in [-0.2, 0) is 17.9 Å². The molecule has 0 saturated carbocycles. The number of rotatable bonds is 5. The van der Waals surface area contributed by atoms with Crippen LogP contribution in [0.4, 0.5) is 5.69 Å². The highest BCUT2D eigenvalue weighted by molar-refractivity contribution is 6.03. The van der Waals surface area contributed by atoms with E-state index in [9.17, 15) is 4.79 Å². The van der Waals surface area contributed by atoms with Gasteiger partial charge in [0.2, 0.25) is 0 Å². The van der Waals surface area contributed by atoms with Crippen molar-refractivity contribution in [2.75, 3.05) is 19.5 Å². The summed E-state index contributed by atoms with van der Waals surface area (Å²) in [5.74, 6) is 0.762. The van der Waals surface area contributed by atoms with Crippen molar-refractivity contribution in [3.8, 4) is 11.5 Å². The number of nitrogens with zero attached hydrogens (tertiary/aromatic N) is 3. The Balaban J connectivity index is 1.50. The van der Waals surface area contributed by atoms with Crippen LogP contribution in [0.2, 0.25) is 0 Å². The van der Waals surface area contributed by atoms with E-state index >= 15 is 0 Å². The molecular formula is C21H22N4O4. The van der Waals surface area contributed by atoms with Crippen LogP contribution < -0.4 is 14.8 Å². The molecule has 2 aromatic carbocycles. The number of aryl methyl sites for hydroxylation is 1. The summed E-state index contributed by atoms with van der Waals surface area (Å²) in [4.78, 5) is 12.7. The molecule has 1 aliphatic rings. The molecule has 0 saturated heterocycles. The number of nitrogens with one attached hydrogen (secondary N) is 1. The minimum atomic E-state index is -0.351. The van der Waals surface area contributed by atoms with Crippen molar-refractivity contribution in [1.29, 1.82) is 0 Å². The molecule has 0 fully saturated rings. The molecule has 1 unspecified atom stereocenters. The van der Waals surface area contributed by atoms with Gasteiger partial charge in [-0.3, -0.25) is 4.79 Å². The first-order chi connectivity index (χ1) is 14.1. The fourth-order valence-electron chi connectivity index (χ4n) is 3.28. The summed E-state index contributed by atoms with van der Waals surface area (Å²) < 4.78 is 18.2. The molecule has 8 heteroatoms. The lowest BCUT2D eigenvalue weighted by atomic mass is 10.1. The number of hydrogen-bond acceptors (Lipinski definition) is 6. The number of fused-ring (bicyclic) bond motifs is 1. The molecule has 2 heterocycles.